The highest BCUT2D eigenvalue weighted by molar-refractivity contribution is 6.36. The minimum atomic E-state index is -4.68. The van der Waals surface area contributed by atoms with Gasteiger partial charge in [-0.25, -0.2) is 13.9 Å². The predicted molar refractivity (Wildman–Crippen MR) is 105 cm³/mol. The molecule has 1 aliphatic heterocycles. The molecule has 0 saturated carbocycles. The third-order valence-electron chi connectivity index (χ3n) is 5.11. The Kier molecular flexibility index (Phi) is 5.61. The van der Waals surface area contributed by atoms with Crippen LogP contribution in [0.4, 0.5) is 17.6 Å². The van der Waals surface area contributed by atoms with Crippen LogP contribution in [0, 0.1) is 12.7 Å². The largest absolute Gasteiger partial charge is 0.433 e. The van der Waals surface area contributed by atoms with Gasteiger partial charge in [0.2, 0.25) is 0 Å². The fourth-order valence-corrected chi connectivity index (χ4v) is 3.84. The Bertz CT molecular complexity index is 1140. The second kappa shape index (κ2) is 8.08. The standard InChI is InChI=1S/C20H18ClF4N5O/c1-12-9-15(20(23,24)25)30-18(26-12)16(21)17(27-30)19(31)29-7-5-28(6-8-29)11-13-3-2-4-14(22)10-13/h2-4,9-10H,5-8,11H2,1H3. The number of hydrogen-bond acceptors (Lipinski definition) is 4. The number of halogens is 5. The monoisotopic (exact) mass is 455 g/mol. The van der Waals surface area contributed by atoms with Crippen LogP contribution >= 0.6 is 11.6 Å². The lowest BCUT2D eigenvalue weighted by Gasteiger charge is -2.34. The number of carbonyl (C=O) groups excluding carboxylic acids is 1. The first-order valence-electron chi connectivity index (χ1n) is 9.52. The summed E-state index contributed by atoms with van der Waals surface area (Å²) in [5.41, 5.74) is -0.572. The second-order valence-corrected chi connectivity index (χ2v) is 7.75. The van der Waals surface area contributed by atoms with E-state index in [1.54, 1.807) is 6.07 Å². The highest BCUT2D eigenvalue weighted by Crippen LogP contribution is 2.32. The number of amides is 1. The molecule has 6 nitrogen and oxygen atoms in total. The SMILES string of the molecule is Cc1cc(C(F)(F)F)n2nc(C(=O)N3CCN(Cc4cccc(F)c4)CC3)c(Cl)c2n1. The van der Waals surface area contributed by atoms with Crippen molar-refractivity contribution in [2.24, 2.45) is 0 Å². The van der Waals surface area contributed by atoms with E-state index in [0.29, 0.717) is 37.2 Å². The summed E-state index contributed by atoms with van der Waals surface area (Å²) >= 11 is 6.21. The van der Waals surface area contributed by atoms with Crippen molar-refractivity contribution in [2.75, 3.05) is 26.2 Å². The molecule has 0 unspecified atom stereocenters. The molecule has 0 aliphatic carbocycles. The third kappa shape index (κ3) is 4.35. The van der Waals surface area contributed by atoms with Crippen LogP contribution in [0.2, 0.25) is 5.02 Å². The number of rotatable bonds is 3. The third-order valence-corrected chi connectivity index (χ3v) is 5.46. The molecule has 0 bridgehead atoms. The van der Waals surface area contributed by atoms with Gasteiger partial charge in [0.15, 0.2) is 11.3 Å². The Labute approximate surface area is 180 Å². The van der Waals surface area contributed by atoms with Crippen molar-refractivity contribution in [3.05, 3.63) is 63.8 Å². The summed E-state index contributed by atoms with van der Waals surface area (Å²) in [7, 11) is 0. The van der Waals surface area contributed by atoms with Crippen LogP contribution in [0.3, 0.4) is 0 Å². The van der Waals surface area contributed by atoms with Gasteiger partial charge < -0.3 is 4.90 Å². The Hall–Kier alpha value is -2.72. The van der Waals surface area contributed by atoms with Crippen LogP contribution in [0.25, 0.3) is 5.65 Å². The van der Waals surface area contributed by atoms with E-state index < -0.39 is 17.8 Å². The van der Waals surface area contributed by atoms with E-state index in [-0.39, 0.29) is 27.9 Å². The zero-order valence-corrected chi connectivity index (χ0v) is 17.2. The number of aromatic nitrogens is 3. The fourth-order valence-electron chi connectivity index (χ4n) is 3.60. The van der Waals surface area contributed by atoms with Crippen molar-refractivity contribution in [1.29, 1.82) is 0 Å². The molecule has 2 aromatic heterocycles. The van der Waals surface area contributed by atoms with E-state index in [1.165, 1.54) is 24.0 Å². The molecule has 1 saturated heterocycles. The van der Waals surface area contributed by atoms with Crippen molar-refractivity contribution >= 4 is 23.2 Å². The summed E-state index contributed by atoms with van der Waals surface area (Å²) < 4.78 is 54.1. The number of nitrogens with zero attached hydrogens (tertiary/aromatic N) is 5. The lowest BCUT2D eigenvalue weighted by Crippen LogP contribution is -2.48. The fraction of sp³-hybridized carbons (Fsp3) is 0.350. The van der Waals surface area contributed by atoms with Gasteiger partial charge in [-0.2, -0.15) is 18.3 Å². The normalized spacial score (nSPS) is 15.6. The first kappa shape index (κ1) is 21.5. The Morgan fingerprint density at radius 2 is 1.87 bits per heavy atom. The maximum Gasteiger partial charge on any atom is 0.433 e. The molecule has 3 heterocycles. The Morgan fingerprint density at radius 3 is 2.52 bits per heavy atom. The molecule has 164 valence electrons. The molecule has 1 fully saturated rings. The van der Waals surface area contributed by atoms with Crippen molar-refractivity contribution in [3.8, 4) is 0 Å². The Morgan fingerprint density at radius 1 is 1.16 bits per heavy atom. The number of aryl methyl sites for hydroxylation is 1. The average molecular weight is 456 g/mol. The lowest BCUT2D eigenvalue weighted by molar-refractivity contribution is -0.142. The molecule has 31 heavy (non-hydrogen) atoms. The predicted octanol–water partition coefficient (Wildman–Crippen LogP) is 3.81. The Balaban J connectivity index is 1.52. The molecule has 0 radical (unpaired) electrons. The topological polar surface area (TPSA) is 53.7 Å². The van der Waals surface area contributed by atoms with Crippen molar-refractivity contribution < 1.29 is 22.4 Å². The van der Waals surface area contributed by atoms with Gasteiger partial charge in [-0.1, -0.05) is 23.7 Å². The summed E-state index contributed by atoms with van der Waals surface area (Å²) in [6, 6.07) is 7.15. The van der Waals surface area contributed by atoms with Gasteiger partial charge in [0.05, 0.1) is 0 Å². The van der Waals surface area contributed by atoms with E-state index in [4.69, 9.17) is 11.6 Å². The van der Waals surface area contributed by atoms with Crippen molar-refractivity contribution in [2.45, 2.75) is 19.6 Å². The highest BCUT2D eigenvalue weighted by atomic mass is 35.5. The summed E-state index contributed by atoms with van der Waals surface area (Å²) in [5.74, 6) is -0.860. The van der Waals surface area contributed by atoms with E-state index in [1.807, 2.05) is 6.07 Å². The molecule has 0 N–H and O–H groups in total. The second-order valence-electron chi connectivity index (χ2n) is 7.38. The minimum absolute atomic E-state index is 0.117. The van der Waals surface area contributed by atoms with Crippen LogP contribution in [0.5, 0.6) is 0 Å². The molecule has 1 aromatic carbocycles. The van der Waals surface area contributed by atoms with E-state index in [9.17, 15) is 22.4 Å². The maximum atomic E-state index is 13.4. The van der Waals surface area contributed by atoms with Gasteiger partial charge in [-0.05, 0) is 30.7 Å². The number of fused-ring (bicyclic) bond motifs is 1. The molecular formula is C20H18ClF4N5O. The van der Waals surface area contributed by atoms with Gasteiger partial charge in [-0.15, -0.1) is 0 Å². The zero-order chi connectivity index (χ0) is 22.3. The van der Waals surface area contributed by atoms with Crippen LogP contribution in [-0.2, 0) is 12.7 Å². The molecule has 0 spiro atoms. The van der Waals surface area contributed by atoms with Crippen molar-refractivity contribution in [1.82, 2.24) is 24.4 Å². The van der Waals surface area contributed by atoms with Gasteiger partial charge in [0, 0.05) is 38.4 Å². The quantitative estimate of drug-likeness (QED) is 0.564. The van der Waals surface area contributed by atoms with Crippen LogP contribution < -0.4 is 0 Å². The molecular weight excluding hydrogens is 438 g/mol. The molecule has 1 aliphatic rings. The number of piperazine rings is 1. The lowest BCUT2D eigenvalue weighted by atomic mass is 10.2. The highest BCUT2D eigenvalue weighted by Gasteiger charge is 2.37. The first-order chi connectivity index (χ1) is 14.6. The van der Waals surface area contributed by atoms with Gasteiger partial charge in [0.1, 0.15) is 16.5 Å². The number of carbonyl (C=O) groups is 1. The average Bonchev–Trinajstić information content (AvgIpc) is 3.03. The molecule has 3 aromatic rings. The molecule has 0 atom stereocenters. The van der Waals surface area contributed by atoms with Crippen LogP contribution in [0.15, 0.2) is 30.3 Å². The van der Waals surface area contributed by atoms with E-state index in [0.717, 1.165) is 11.6 Å². The van der Waals surface area contributed by atoms with E-state index >= 15 is 0 Å². The summed E-state index contributed by atoms with van der Waals surface area (Å²) in [4.78, 5) is 20.5. The molecule has 11 heteroatoms. The molecule has 1 amide bonds. The number of benzene rings is 1. The first-order valence-corrected chi connectivity index (χ1v) is 9.90. The van der Waals surface area contributed by atoms with Gasteiger partial charge in [0.25, 0.3) is 5.91 Å². The van der Waals surface area contributed by atoms with Crippen molar-refractivity contribution in [3.63, 3.8) is 0 Å². The van der Waals surface area contributed by atoms with Crippen LogP contribution in [-0.4, -0.2) is 56.5 Å². The maximum absolute atomic E-state index is 13.4. The van der Waals surface area contributed by atoms with Gasteiger partial charge >= 0.3 is 6.18 Å². The minimum Gasteiger partial charge on any atom is -0.335 e. The summed E-state index contributed by atoms with van der Waals surface area (Å²) in [5, 5.41) is 3.64. The van der Waals surface area contributed by atoms with E-state index in [2.05, 4.69) is 15.0 Å². The summed E-state index contributed by atoms with van der Waals surface area (Å²) in [6.07, 6.45) is -4.68. The number of alkyl halides is 3. The molecule has 4 rings (SSSR count). The number of hydrogen-bond donors (Lipinski definition) is 0. The smallest absolute Gasteiger partial charge is 0.335 e. The van der Waals surface area contributed by atoms with Gasteiger partial charge in [-0.3, -0.25) is 9.69 Å². The van der Waals surface area contributed by atoms with Crippen LogP contribution in [0.1, 0.15) is 27.4 Å². The zero-order valence-electron chi connectivity index (χ0n) is 16.5. The summed E-state index contributed by atoms with van der Waals surface area (Å²) in [6.45, 7) is 3.69.